The molecule has 24 heavy (non-hydrogen) atoms. The normalized spacial score (nSPS) is 15.2. The van der Waals surface area contributed by atoms with Gasteiger partial charge in [0.15, 0.2) is 17.2 Å². The summed E-state index contributed by atoms with van der Waals surface area (Å²) in [5.41, 5.74) is 1.60. The van der Waals surface area contributed by atoms with Crippen LogP contribution in [-0.2, 0) is 9.53 Å². The molecule has 0 aliphatic carbocycles. The lowest BCUT2D eigenvalue weighted by Crippen LogP contribution is -2.05. The first-order chi connectivity index (χ1) is 11.6. The Hall–Kier alpha value is -2.60. The van der Waals surface area contributed by atoms with Gasteiger partial charge >= 0.3 is 5.97 Å². The van der Waals surface area contributed by atoms with Gasteiger partial charge < -0.3 is 14.2 Å². The van der Waals surface area contributed by atoms with Crippen molar-refractivity contribution in [2.45, 2.75) is 0 Å². The molecule has 0 fully saturated rings. The molecule has 0 amide bonds. The Balaban J connectivity index is 2.03. The number of hydrogen-bond acceptors (Lipinski definition) is 5. The van der Waals surface area contributed by atoms with Crippen LogP contribution in [0, 0.1) is 0 Å². The first-order valence-electron chi connectivity index (χ1n) is 7.12. The van der Waals surface area contributed by atoms with Crippen molar-refractivity contribution in [3.63, 3.8) is 0 Å². The van der Waals surface area contributed by atoms with Crippen LogP contribution in [0.3, 0.4) is 0 Å². The number of carbonyl (C=O) groups excluding carboxylic acids is 1. The number of carbonyl (C=O) groups is 1. The van der Waals surface area contributed by atoms with E-state index in [-0.39, 0.29) is 11.6 Å². The highest BCUT2D eigenvalue weighted by molar-refractivity contribution is 9.10. The molecule has 1 heterocycles. The molecule has 0 radical (unpaired) electrons. The maximum absolute atomic E-state index is 12.1. The minimum absolute atomic E-state index is 0.201. The maximum atomic E-state index is 12.1. The molecule has 5 nitrogen and oxygen atoms in total. The zero-order chi connectivity index (χ0) is 17.1. The smallest absolute Gasteiger partial charge is 0.363 e. The van der Waals surface area contributed by atoms with E-state index >= 15 is 0 Å². The molecule has 0 unspecified atom stereocenters. The number of esters is 1. The molecule has 6 heteroatoms. The van der Waals surface area contributed by atoms with Gasteiger partial charge in [0.1, 0.15) is 0 Å². The fourth-order valence-electron chi connectivity index (χ4n) is 2.33. The van der Waals surface area contributed by atoms with E-state index in [4.69, 9.17) is 14.2 Å². The zero-order valence-corrected chi connectivity index (χ0v) is 14.7. The van der Waals surface area contributed by atoms with Gasteiger partial charge in [-0.2, -0.15) is 0 Å². The third kappa shape index (κ3) is 3.05. The second kappa shape index (κ2) is 6.88. The average molecular weight is 388 g/mol. The molecule has 0 aromatic heterocycles. The Kier molecular flexibility index (Phi) is 4.66. The highest BCUT2D eigenvalue weighted by Crippen LogP contribution is 2.33. The van der Waals surface area contributed by atoms with E-state index in [0.717, 1.165) is 4.47 Å². The Morgan fingerprint density at radius 2 is 1.88 bits per heavy atom. The fraction of sp³-hybridized carbons (Fsp3) is 0.111. The van der Waals surface area contributed by atoms with Crippen molar-refractivity contribution in [3.8, 4) is 11.5 Å². The van der Waals surface area contributed by atoms with Crippen LogP contribution in [0.1, 0.15) is 11.1 Å². The Bertz CT molecular complexity index is 858. The van der Waals surface area contributed by atoms with E-state index in [2.05, 4.69) is 20.9 Å². The molecule has 0 N–H and O–H groups in total. The summed E-state index contributed by atoms with van der Waals surface area (Å²) in [7, 11) is 3.10. The minimum atomic E-state index is -0.509. The summed E-state index contributed by atoms with van der Waals surface area (Å²) in [5.74, 6) is 0.865. The zero-order valence-electron chi connectivity index (χ0n) is 13.1. The molecule has 0 atom stereocenters. The maximum Gasteiger partial charge on any atom is 0.363 e. The van der Waals surface area contributed by atoms with Crippen molar-refractivity contribution in [3.05, 3.63) is 63.8 Å². The van der Waals surface area contributed by atoms with Crippen LogP contribution in [0.15, 0.2) is 57.6 Å². The number of nitrogens with zero attached hydrogens (tertiary/aromatic N) is 1. The van der Waals surface area contributed by atoms with Crippen molar-refractivity contribution in [2.75, 3.05) is 14.2 Å². The van der Waals surface area contributed by atoms with Gasteiger partial charge in [-0.15, -0.1) is 0 Å². The number of cyclic esters (lactones) is 1. The monoisotopic (exact) mass is 387 g/mol. The van der Waals surface area contributed by atoms with Gasteiger partial charge in [-0.1, -0.05) is 24.3 Å². The predicted molar refractivity (Wildman–Crippen MR) is 94.3 cm³/mol. The quantitative estimate of drug-likeness (QED) is 0.591. The summed E-state index contributed by atoms with van der Waals surface area (Å²) >= 11 is 3.43. The van der Waals surface area contributed by atoms with E-state index in [0.29, 0.717) is 22.6 Å². The van der Waals surface area contributed by atoms with Crippen molar-refractivity contribution < 1.29 is 19.0 Å². The van der Waals surface area contributed by atoms with Crippen molar-refractivity contribution in [1.82, 2.24) is 0 Å². The third-order valence-corrected chi connectivity index (χ3v) is 4.14. The van der Waals surface area contributed by atoms with Crippen LogP contribution in [0.4, 0.5) is 0 Å². The molecule has 1 aliphatic rings. The van der Waals surface area contributed by atoms with Gasteiger partial charge in [0.05, 0.1) is 19.8 Å². The van der Waals surface area contributed by atoms with E-state index in [1.165, 1.54) is 0 Å². The molecule has 2 aromatic rings. The number of halogens is 1. The van der Waals surface area contributed by atoms with Gasteiger partial charge in [-0.25, -0.2) is 9.79 Å². The Morgan fingerprint density at radius 3 is 2.58 bits per heavy atom. The summed E-state index contributed by atoms with van der Waals surface area (Å²) in [5, 5.41) is 0. The van der Waals surface area contributed by atoms with E-state index in [1.54, 1.807) is 26.4 Å². The largest absolute Gasteiger partial charge is 0.493 e. The average Bonchev–Trinajstić information content (AvgIpc) is 2.95. The number of hydrogen-bond donors (Lipinski definition) is 0. The number of ether oxygens (including phenoxy) is 3. The standard InChI is InChI=1S/C18H14BrNO4/c1-22-15-9-5-6-11(16(15)23-2)10-14-18(21)24-17(20-14)12-7-3-4-8-13(12)19/h3-10H,1-2H3. The minimum Gasteiger partial charge on any atom is -0.493 e. The summed E-state index contributed by atoms with van der Waals surface area (Å²) in [4.78, 5) is 16.4. The van der Waals surface area contributed by atoms with E-state index in [9.17, 15) is 4.79 Å². The number of para-hydroxylation sites is 1. The molecule has 0 saturated heterocycles. The second-order valence-corrected chi connectivity index (χ2v) is 5.75. The topological polar surface area (TPSA) is 57.1 Å². The highest BCUT2D eigenvalue weighted by atomic mass is 79.9. The summed E-state index contributed by atoms with van der Waals surface area (Å²) < 4.78 is 16.7. The van der Waals surface area contributed by atoms with Crippen LogP contribution >= 0.6 is 15.9 Å². The molecule has 0 spiro atoms. The highest BCUT2D eigenvalue weighted by Gasteiger charge is 2.26. The van der Waals surface area contributed by atoms with Crippen LogP contribution in [-0.4, -0.2) is 26.1 Å². The van der Waals surface area contributed by atoms with Crippen molar-refractivity contribution in [1.29, 1.82) is 0 Å². The Morgan fingerprint density at radius 1 is 1.08 bits per heavy atom. The lowest BCUT2D eigenvalue weighted by Gasteiger charge is -2.09. The molecule has 122 valence electrons. The van der Waals surface area contributed by atoms with Crippen LogP contribution in [0.25, 0.3) is 6.08 Å². The van der Waals surface area contributed by atoms with Gasteiger partial charge in [0.25, 0.3) is 0 Å². The molecular weight excluding hydrogens is 374 g/mol. The number of aliphatic imine (C=N–C) groups is 1. The first-order valence-corrected chi connectivity index (χ1v) is 7.92. The molecule has 3 rings (SSSR count). The van der Waals surface area contributed by atoms with E-state index in [1.807, 2.05) is 36.4 Å². The SMILES string of the molecule is COc1cccc(C=C2N=C(c3ccccc3Br)OC2=O)c1OC. The molecule has 0 bridgehead atoms. The molecular formula is C18H14BrNO4. The van der Waals surface area contributed by atoms with Crippen molar-refractivity contribution >= 4 is 33.9 Å². The number of benzene rings is 2. The van der Waals surface area contributed by atoms with Gasteiger partial charge in [0, 0.05) is 10.0 Å². The third-order valence-electron chi connectivity index (χ3n) is 3.45. The molecule has 0 saturated carbocycles. The lowest BCUT2D eigenvalue weighted by atomic mass is 10.1. The van der Waals surface area contributed by atoms with Gasteiger partial charge in [-0.05, 0) is 40.2 Å². The predicted octanol–water partition coefficient (Wildman–Crippen LogP) is 3.81. The van der Waals surface area contributed by atoms with Crippen LogP contribution in [0.2, 0.25) is 0 Å². The summed E-state index contributed by atoms with van der Waals surface area (Å²) in [6, 6.07) is 12.8. The van der Waals surface area contributed by atoms with Crippen molar-refractivity contribution in [2.24, 2.45) is 4.99 Å². The van der Waals surface area contributed by atoms with Crippen LogP contribution < -0.4 is 9.47 Å². The fourth-order valence-corrected chi connectivity index (χ4v) is 2.79. The number of methoxy groups -OCH3 is 2. The second-order valence-electron chi connectivity index (χ2n) is 4.90. The van der Waals surface area contributed by atoms with Gasteiger partial charge in [-0.3, -0.25) is 0 Å². The Labute approximate surface area is 147 Å². The first kappa shape index (κ1) is 16.3. The van der Waals surface area contributed by atoms with Crippen LogP contribution in [0.5, 0.6) is 11.5 Å². The summed E-state index contributed by atoms with van der Waals surface area (Å²) in [6.07, 6.45) is 1.62. The molecule has 1 aliphatic heterocycles. The molecule has 2 aromatic carbocycles. The van der Waals surface area contributed by atoms with E-state index < -0.39 is 5.97 Å². The van der Waals surface area contributed by atoms with Gasteiger partial charge in [0.2, 0.25) is 5.90 Å². The lowest BCUT2D eigenvalue weighted by molar-refractivity contribution is -0.129. The summed E-state index contributed by atoms with van der Waals surface area (Å²) in [6.45, 7) is 0. The number of rotatable bonds is 4.